The van der Waals surface area contributed by atoms with Crippen molar-refractivity contribution >= 4 is 15.9 Å². The van der Waals surface area contributed by atoms with Gasteiger partial charge in [-0.3, -0.25) is 9.36 Å². The van der Waals surface area contributed by atoms with Crippen molar-refractivity contribution in [2.75, 3.05) is 0 Å². The summed E-state index contributed by atoms with van der Waals surface area (Å²) in [6.45, 7) is 0.137. The Labute approximate surface area is 99.1 Å². The Bertz CT molecular complexity index is 623. The first-order valence-electron chi connectivity index (χ1n) is 4.58. The van der Waals surface area contributed by atoms with Gasteiger partial charge in [-0.25, -0.2) is 4.79 Å². The fourth-order valence-electron chi connectivity index (χ4n) is 1.35. The second-order valence-electron chi connectivity index (χ2n) is 3.34. The van der Waals surface area contributed by atoms with Gasteiger partial charge >= 0.3 is 5.69 Å². The van der Waals surface area contributed by atoms with Crippen LogP contribution in [0.2, 0.25) is 0 Å². The summed E-state index contributed by atoms with van der Waals surface area (Å²) in [6, 6.07) is 4.77. The van der Waals surface area contributed by atoms with Gasteiger partial charge in [0.15, 0.2) is 4.67 Å². The van der Waals surface area contributed by atoms with Crippen LogP contribution in [-0.2, 0) is 13.6 Å². The Morgan fingerprint density at radius 1 is 1.31 bits per heavy atom. The second-order valence-corrected chi connectivity index (χ2v) is 4.12. The van der Waals surface area contributed by atoms with E-state index >= 15 is 0 Å². The van der Waals surface area contributed by atoms with Gasteiger partial charge < -0.3 is 8.98 Å². The van der Waals surface area contributed by atoms with Crippen molar-refractivity contribution in [2.45, 2.75) is 6.54 Å². The Morgan fingerprint density at radius 3 is 2.69 bits per heavy atom. The fourth-order valence-corrected chi connectivity index (χ4v) is 1.69. The number of aryl methyl sites for hydroxylation is 1. The molecule has 5 nitrogen and oxygen atoms in total. The van der Waals surface area contributed by atoms with Crippen LogP contribution in [-0.4, -0.2) is 9.13 Å². The molecule has 0 amide bonds. The predicted octanol–water partition coefficient (Wildman–Crippen LogP) is 0.951. The molecule has 0 N–H and O–H groups in total. The molecule has 0 aliphatic heterocycles. The molecule has 2 aromatic rings. The lowest BCUT2D eigenvalue weighted by molar-refractivity contribution is 0.461. The lowest BCUT2D eigenvalue weighted by atomic mass is 10.4. The lowest BCUT2D eigenvalue weighted by Gasteiger charge is -2.03. The summed E-state index contributed by atoms with van der Waals surface area (Å²) in [5.74, 6) is 0.553. The minimum absolute atomic E-state index is 0.137. The number of hydrogen-bond donors (Lipinski definition) is 0. The maximum Gasteiger partial charge on any atom is 0.331 e. The van der Waals surface area contributed by atoms with Crippen molar-refractivity contribution in [1.82, 2.24) is 9.13 Å². The highest BCUT2D eigenvalue weighted by Crippen LogP contribution is 2.13. The van der Waals surface area contributed by atoms with Crippen LogP contribution in [0, 0.1) is 0 Å². The topological polar surface area (TPSA) is 57.1 Å². The second kappa shape index (κ2) is 4.13. The van der Waals surface area contributed by atoms with E-state index in [4.69, 9.17) is 4.42 Å². The lowest BCUT2D eigenvalue weighted by Crippen LogP contribution is -2.38. The largest absolute Gasteiger partial charge is 0.452 e. The van der Waals surface area contributed by atoms with Gasteiger partial charge in [-0.15, -0.1) is 0 Å². The van der Waals surface area contributed by atoms with E-state index in [9.17, 15) is 9.59 Å². The normalized spacial score (nSPS) is 10.6. The molecule has 2 heterocycles. The SMILES string of the molecule is Cn1ccc(=O)n(Cc2ccc(Br)o2)c1=O. The van der Waals surface area contributed by atoms with Gasteiger partial charge in [0.1, 0.15) is 5.76 Å². The molecule has 0 saturated heterocycles. The molecule has 0 aromatic carbocycles. The smallest absolute Gasteiger partial charge is 0.331 e. The summed E-state index contributed by atoms with van der Waals surface area (Å²) in [5.41, 5.74) is -0.698. The Morgan fingerprint density at radius 2 is 2.06 bits per heavy atom. The van der Waals surface area contributed by atoms with E-state index in [1.54, 1.807) is 19.2 Å². The predicted molar refractivity (Wildman–Crippen MR) is 61.5 cm³/mol. The van der Waals surface area contributed by atoms with Gasteiger partial charge in [0.25, 0.3) is 5.56 Å². The minimum Gasteiger partial charge on any atom is -0.452 e. The number of hydrogen-bond acceptors (Lipinski definition) is 3. The van der Waals surface area contributed by atoms with E-state index in [-0.39, 0.29) is 17.8 Å². The van der Waals surface area contributed by atoms with E-state index in [2.05, 4.69) is 15.9 Å². The zero-order valence-corrected chi connectivity index (χ0v) is 10.1. The minimum atomic E-state index is -0.361. The van der Waals surface area contributed by atoms with Gasteiger partial charge in [0.2, 0.25) is 0 Å². The third-order valence-electron chi connectivity index (χ3n) is 2.18. The Kier molecular flexibility index (Phi) is 2.82. The maximum absolute atomic E-state index is 11.7. The number of nitrogens with zero attached hydrogens (tertiary/aromatic N) is 2. The first kappa shape index (κ1) is 10.9. The first-order chi connectivity index (χ1) is 7.58. The van der Waals surface area contributed by atoms with Crippen LogP contribution in [0.1, 0.15) is 5.76 Å². The zero-order valence-electron chi connectivity index (χ0n) is 8.51. The molecule has 16 heavy (non-hydrogen) atoms. The highest BCUT2D eigenvalue weighted by atomic mass is 79.9. The molecule has 6 heteroatoms. The molecular formula is C10H9BrN2O3. The molecule has 0 aliphatic carbocycles. The van der Waals surface area contributed by atoms with Crippen LogP contribution in [0.4, 0.5) is 0 Å². The zero-order chi connectivity index (χ0) is 11.7. The molecule has 0 atom stereocenters. The molecule has 0 aliphatic rings. The first-order valence-corrected chi connectivity index (χ1v) is 5.38. The summed E-state index contributed by atoms with van der Waals surface area (Å²) in [4.78, 5) is 23.2. The Balaban J connectivity index is 2.46. The van der Waals surface area contributed by atoms with Crippen LogP contribution in [0.15, 0.2) is 43.1 Å². The average Bonchev–Trinajstić information content (AvgIpc) is 2.65. The number of aromatic nitrogens is 2. The van der Waals surface area contributed by atoms with E-state index in [1.807, 2.05) is 0 Å². The summed E-state index contributed by atoms with van der Waals surface area (Å²) < 4.78 is 8.28. The van der Waals surface area contributed by atoms with Crippen molar-refractivity contribution in [2.24, 2.45) is 7.05 Å². The van der Waals surface area contributed by atoms with Crippen LogP contribution in [0.5, 0.6) is 0 Å². The van der Waals surface area contributed by atoms with Crippen LogP contribution in [0.3, 0.4) is 0 Å². The van der Waals surface area contributed by atoms with Gasteiger partial charge in [-0.2, -0.15) is 0 Å². The Hall–Kier alpha value is -1.56. The van der Waals surface area contributed by atoms with Crippen LogP contribution in [0.25, 0.3) is 0 Å². The molecular weight excluding hydrogens is 276 g/mol. The van der Waals surface area contributed by atoms with E-state index < -0.39 is 0 Å². The quantitative estimate of drug-likeness (QED) is 0.825. The monoisotopic (exact) mass is 284 g/mol. The highest BCUT2D eigenvalue weighted by Gasteiger charge is 2.06. The van der Waals surface area contributed by atoms with E-state index in [0.717, 1.165) is 4.57 Å². The standard InChI is InChI=1S/C10H9BrN2O3/c1-12-5-4-9(14)13(10(12)15)6-7-2-3-8(11)16-7/h2-5H,6H2,1H3. The molecule has 0 unspecified atom stereocenters. The van der Waals surface area contributed by atoms with Gasteiger partial charge in [0, 0.05) is 19.3 Å². The van der Waals surface area contributed by atoms with E-state index in [1.165, 1.54) is 16.8 Å². The van der Waals surface area contributed by atoms with Crippen LogP contribution >= 0.6 is 15.9 Å². The molecule has 84 valence electrons. The fraction of sp³-hybridized carbons (Fsp3) is 0.200. The van der Waals surface area contributed by atoms with Gasteiger partial charge in [-0.05, 0) is 28.1 Å². The molecule has 2 aromatic heterocycles. The van der Waals surface area contributed by atoms with Gasteiger partial charge in [-0.1, -0.05) is 0 Å². The number of halogens is 1. The molecule has 0 radical (unpaired) electrons. The molecule has 0 bridgehead atoms. The average molecular weight is 285 g/mol. The summed E-state index contributed by atoms with van der Waals surface area (Å²) in [7, 11) is 1.59. The number of rotatable bonds is 2. The molecule has 2 rings (SSSR count). The third-order valence-corrected chi connectivity index (χ3v) is 2.61. The summed E-state index contributed by atoms with van der Waals surface area (Å²) >= 11 is 3.16. The maximum atomic E-state index is 11.7. The van der Waals surface area contributed by atoms with E-state index in [0.29, 0.717) is 10.4 Å². The van der Waals surface area contributed by atoms with Crippen LogP contribution < -0.4 is 11.2 Å². The molecule has 0 fully saturated rings. The summed E-state index contributed by atoms with van der Waals surface area (Å²) in [5, 5.41) is 0. The third kappa shape index (κ3) is 2.01. The van der Waals surface area contributed by atoms with Crippen molar-refractivity contribution in [1.29, 1.82) is 0 Å². The number of furan rings is 1. The van der Waals surface area contributed by atoms with Crippen molar-refractivity contribution in [3.05, 3.63) is 55.7 Å². The molecule has 0 saturated carbocycles. The highest BCUT2D eigenvalue weighted by molar-refractivity contribution is 9.10. The van der Waals surface area contributed by atoms with Gasteiger partial charge in [0.05, 0.1) is 6.54 Å². The van der Waals surface area contributed by atoms with Crippen molar-refractivity contribution < 1.29 is 4.42 Å². The van der Waals surface area contributed by atoms with Crippen molar-refractivity contribution in [3.8, 4) is 0 Å². The molecule has 0 spiro atoms. The summed E-state index contributed by atoms with van der Waals surface area (Å²) in [6.07, 6.45) is 1.44. The van der Waals surface area contributed by atoms with Crippen molar-refractivity contribution in [3.63, 3.8) is 0 Å².